The summed E-state index contributed by atoms with van der Waals surface area (Å²) in [6.45, 7) is -0.0946. The van der Waals surface area contributed by atoms with Crippen molar-refractivity contribution >= 4 is 6.29 Å². The summed E-state index contributed by atoms with van der Waals surface area (Å²) in [5.74, 6) is -0.533. The van der Waals surface area contributed by atoms with E-state index >= 15 is 0 Å². The fraction of sp³-hybridized carbons (Fsp3) is 0.950. The van der Waals surface area contributed by atoms with Crippen molar-refractivity contribution in [2.75, 3.05) is 26.9 Å². The highest BCUT2D eigenvalue weighted by Gasteiger charge is 2.49. The number of aldehydes is 1. The summed E-state index contributed by atoms with van der Waals surface area (Å²) >= 11 is 0. The lowest BCUT2D eigenvalue weighted by atomic mass is 9.91. The number of hydrogen-bond donors (Lipinski definition) is 11. The van der Waals surface area contributed by atoms with Gasteiger partial charge in [0.15, 0.2) is 18.9 Å². The number of carbonyl (C=O) groups excluding carboxylic acids is 1. The minimum Gasteiger partial charge on any atom is -0.394 e. The van der Waals surface area contributed by atoms with Crippen molar-refractivity contribution in [3.05, 3.63) is 0 Å². The number of aliphatic hydroxyl groups excluding tert-OH is 11. The largest absolute Gasteiger partial charge is 0.394 e. The first kappa shape index (κ1) is 33.1. The smallest absolute Gasteiger partial charge is 0.187 e. The second-order valence-corrected chi connectivity index (χ2v) is 8.47. The lowest BCUT2D eigenvalue weighted by Crippen LogP contribution is -2.63. The van der Waals surface area contributed by atoms with Crippen LogP contribution >= 0.6 is 0 Å². The molecule has 2 heterocycles. The fourth-order valence-electron chi connectivity index (χ4n) is 3.58. The molecule has 2 fully saturated rings. The number of aliphatic hydroxyl groups is 11. The Morgan fingerprint density at radius 1 is 0.806 bits per heavy atom. The fourth-order valence-corrected chi connectivity index (χ4v) is 3.58. The minimum atomic E-state index is -1.79. The van der Waals surface area contributed by atoms with Crippen molar-refractivity contribution in [2.24, 2.45) is 5.92 Å². The molecule has 16 nitrogen and oxygen atoms in total. The molecule has 2 aliphatic rings. The Bertz CT molecular complexity index is 623. The van der Waals surface area contributed by atoms with Crippen molar-refractivity contribution in [1.82, 2.24) is 0 Å². The molecule has 2 aliphatic heterocycles. The van der Waals surface area contributed by atoms with Crippen molar-refractivity contribution < 1.29 is 79.9 Å². The maximum Gasteiger partial charge on any atom is 0.187 e. The summed E-state index contributed by atoms with van der Waals surface area (Å²) < 4.78 is 21.1. The molecule has 0 aromatic rings. The van der Waals surface area contributed by atoms with Gasteiger partial charge < -0.3 is 79.9 Å². The molecular weight excluding hydrogens is 496 g/mol. The van der Waals surface area contributed by atoms with Gasteiger partial charge in [-0.15, -0.1) is 0 Å². The maximum atomic E-state index is 10.2. The van der Waals surface area contributed by atoms with Crippen molar-refractivity contribution in [3.8, 4) is 0 Å². The molecule has 2 saturated heterocycles. The zero-order valence-electron chi connectivity index (χ0n) is 19.7. The van der Waals surface area contributed by atoms with Crippen LogP contribution in [0.15, 0.2) is 0 Å². The Hall–Kier alpha value is -0.930. The first-order chi connectivity index (χ1) is 16.9. The predicted octanol–water partition coefficient (Wildman–Crippen LogP) is -6.85. The van der Waals surface area contributed by atoms with Gasteiger partial charge in [0.25, 0.3) is 0 Å². The van der Waals surface area contributed by atoms with Crippen LogP contribution in [-0.2, 0) is 23.7 Å². The van der Waals surface area contributed by atoms with Crippen LogP contribution in [0.1, 0.15) is 6.92 Å². The van der Waals surface area contributed by atoms with E-state index in [0.29, 0.717) is 0 Å². The van der Waals surface area contributed by atoms with E-state index in [4.69, 9.17) is 44.5 Å². The second kappa shape index (κ2) is 15.5. The van der Waals surface area contributed by atoms with E-state index in [1.54, 1.807) is 6.92 Å². The monoisotopic (exact) mass is 534 g/mol. The summed E-state index contributed by atoms with van der Waals surface area (Å²) in [5.41, 5.74) is 0. The third-order valence-electron chi connectivity index (χ3n) is 6.01. The Morgan fingerprint density at radius 3 is 1.81 bits per heavy atom. The highest BCUT2D eigenvalue weighted by Crippen LogP contribution is 2.31. The molecule has 214 valence electrons. The SMILES string of the molecule is CO[C@@H]1O[C@@H](CO)[C@@H](O[C@@H]2OC(CO)[C@@H](C)[C@H](O)C2O)C(O)C1O.O=C[C@H](O)[C@@H](O)[C@H](O)[C@H](O)CO. The Morgan fingerprint density at radius 2 is 1.33 bits per heavy atom. The maximum absolute atomic E-state index is 10.2. The second-order valence-electron chi connectivity index (χ2n) is 8.47. The van der Waals surface area contributed by atoms with Crippen LogP contribution in [-0.4, -0.2) is 169 Å². The first-order valence-corrected chi connectivity index (χ1v) is 11.1. The van der Waals surface area contributed by atoms with Gasteiger partial charge in [0.05, 0.1) is 32.0 Å². The zero-order chi connectivity index (χ0) is 27.7. The number of methoxy groups -OCH3 is 1. The number of carbonyl (C=O) groups is 1. The molecule has 0 radical (unpaired) electrons. The van der Waals surface area contributed by atoms with E-state index in [1.165, 1.54) is 7.11 Å². The van der Waals surface area contributed by atoms with Crippen LogP contribution in [0.4, 0.5) is 0 Å². The van der Waals surface area contributed by atoms with Gasteiger partial charge in [-0.05, 0) is 0 Å². The summed E-state index contributed by atoms with van der Waals surface area (Å²) in [6.07, 6.45) is -18.0. The number of ether oxygens (including phenoxy) is 4. The minimum absolute atomic E-state index is 0.0258. The molecule has 0 bridgehead atoms. The standard InChI is InChI=1S/C14H26O10.C6H12O6/c1-5-6(3-15)22-14(10(19)8(5)17)24-12-7(4-16)23-13(21-2)11(20)9(12)18;7-1-3(9)5(11)6(12)4(10)2-8/h5-20H,3-4H2,1-2H3;1,3-6,8-12H,2H2/t5-,6?,7+,8+,9?,10?,11?,12-,13-,14+;3-,4+,5+,6+/m10/s1. The van der Waals surface area contributed by atoms with Crippen LogP contribution in [0.25, 0.3) is 0 Å². The summed E-state index contributed by atoms with van der Waals surface area (Å²) in [6, 6.07) is 0. The molecule has 0 aromatic carbocycles. The van der Waals surface area contributed by atoms with Gasteiger partial charge in [0, 0.05) is 13.0 Å². The average molecular weight is 535 g/mol. The average Bonchev–Trinajstić information content (AvgIpc) is 2.89. The van der Waals surface area contributed by atoms with E-state index in [9.17, 15) is 35.4 Å². The van der Waals surface area contributed by atoms with E-state index < -0.39 is 105 Å². The molecule has 14 atom stereocenters. The topological polar surface area (TPSA) is 277 Å². The lowest BCUT2D eigenvalue weighted by Gasteiger charge is -2.46. The van der Waals surface area contributed by atoms with Gasteiger partial charge in [-0.25, -0.2) is 0 Å². The Labute approximate surface area is 206 Å². The lowest BCUT2D eigenvalue weighted by molar-refractivity contribution is -0.353. The number of hydrogen-bond acceptors (Lipinski definition) is 16. The van der Waals surface area contributed by atoms with Gasteiger partial charge in [0.2, 0.25) is 0 Å². The van der Waals surface area contributed by atoms with Crippen LogP contribution in [0.2, 0.25) is 0 Å². The highest BCUT2D eigenvalue weighted by molar-refractivity contribution is 5.56. The van der Waals surface area contributed by atoms with Crippen LogP contribution in [0.3, 0.4) is 0 Å². The Balaban J connectivity index is 0.000000457. The molecule has 0 aliphatic carbocycles. The Kier molecular flexibility index (Phi) is 14.2. The van der Waals surface area contributed by atoms with Gasteiger partial charge in [0.1, 0.15) is 54.9 Å². The molecule has 0 aromatic heterocycles. The molecule has 0 spiro atoms. The molecular formula is C20H38O16. The van der Waals surface area contributed by atoms with Gasteiger partial charge in [-0.3, -0.25) is 0 Å². The quantitative estimate of drug-likeness (QED) is 0.116. The third kappa shape index (κ3) is 8.03. The molecule has 4 unspecified atom stereocenters. The first-order valence-electron chi connectivity index (χ1n) is 11.1. The van der Waals surface area contributed by atoms with Crippen molar-refractivity contribution in [3.63, 3.8) is 0 Å². The number of rotatable bonds is 10. The van der Waals surface area contributed by atoms with E-state index in [1.807, 2.05) is 0 Å². The van der Waals surface area contributed by atoms with Gasteiger partial charge in [-0.1, -0.05) is 6.92 Å². The molecule has 36 heavy (non-hydrogen) atoms. The van der Waals surface area contributed by atoms with Crippen LogP contribution in [0, 0.1) is 5.92 Å². The summed E-state index contributed by atoms with van der Waals surface area (Å²) in [5, 5.41) is 103. The third-order valence-corrected chi connectivity index (χ3v) is 6.01. The summed E-state index contributed by atoms with van der Waals surface area (Å²) in [4.78, 5) is 9.90. The van der Waals surface area contributed by atoms with Crippen LogP contribution < -0.4 is 0 Å². The molecule has 16 heteroatoms. The molecule has 2 rings (SSSR count). The highest BCUT2D eigenvalue weighted by atomic mass is 16.7. The molecule has 0 saturated carbocycles. The normalized spacial score (nSPS) is 40.4. The van der Waals surface area contributed by atoms with Crippen LogP contribution in [0.5, 0.6) is 0 Å². The van der Waals surface area contributed by atoms with Gasteiger partial charge >= 0.3 is 0 Å². The van der Waals surface area contributed by atoms with E-state index in [-0.39, 0.29) is 6.29 Å². The molecule has 0 amide bonds. The van der Waals surface area contributed by atoms with Gasteiger partial charge in [-0.2, -0.15) is 0 Å². The predicted molar refractivity (Wildman–Crippen MR) is 114 cm³/mol. The molecule has 11 N–H and O–H groups in total. The zero-order valence-corrected chi connectivity index (χ0v) is 19.7. The van der Waals surface area contributed by atoms with Crippen molar-refractivity contribution in [1.29, 1.82) is 0 Å². The van der Waals surface area contributed by atoms with Crippen molar-refractivity contribution in [2.45, 2.75) is 86.6 Å². The van der Waals surface area contributed by atoms with E-state index in [0.717, 1.165) is 0 Å². The summed E-state index contributed by atoms with van der Waals surface area (Å²) in [7, 11) is 1.27. The van der Waals surface area contributed by atoms with E-state index in [2.05, 4.69) is 0 Å².